The first kappa shape index (κ1) is 27.3. The normalized spacial score (nSPS) is 19.8. The zero-order valence-corrected chi connectivity index (χ0v) is 23.0. The number of hydroxylamine groups is 1. The van der Waals surface area contributed by atoms with E-state index >= 15 is 0 Å². The minimum atomic E-state index is -0.277. The number of hydrogen-bond acceptors (Lipinski definition) is 8. The fourth-order valence-electron chi connectivity index (χ4n) is 5.80. The van der Waals surface area contributed by atoms with Crippen LogP contribution in [0, 0.1) is 18.8 Å². The van der Waals surface area contributed by atoms with Crippen LogP contribution in [0.2, 0.25) is 0 Å². The van der Waals surface area contributed by atoms with Gasteiger partial charge in [0.2, 0.25) is 5.91 Å². The fraction of sp³-hybridized carbons (Fsp3) is 0.533. The Morgan fingerprint density at radius 3 is 2.62 bits per heavy atom. The summed E-state index contributed by atoms with van der Waals surface area (Å²) in [4.78, 5) is 19.2. The zero-order valence-electron chi connectivity index (χ0n) is 23.0. The van der Waals surface area contributed by atoms with E-state index in [-0.39, 0.29) is 11.8 Å². The molecule has 1 amide bonds. The molecule has 1 aromatic carbocycles. The molecule has 39 heavy (non-hydrogen) atoms. The molecule has 9 heteroatoms. The lowest BCUT2D eigenvalue weighted by Crippen LogP contribution is -2.32. The van der Waals surface area contributed by atoms with Crippen molar-refractivity contribution in [1.29, 1.82) is 0 Å². The van der Waals surface area contributed by atoms with E-state index in [1.54, 1.807) is 12.6 Å². The van der Waals surface area contributed by atoms with Gasteiger partial charge >= 0.3 is 0 Å². The second kappa shape index (κ2) is 12.7. The van der Waals surface area contributed by atoms with Crippen LogP contribution in [0.15, 0.2) is 34.7 Å². The number of hydrogen-bond donors (Lipinski definition) is 3. The van der Waals surface area contributed by atoms with Gasteiger partial charge in [-0.15, -0.1) is 0 Å². The van der Waals surface area contributed by atoms with Gasteiger partial charge in [-0.05, 0) is 95.1 Å². The van der Waals surface area contributed by atoms with Gasteiger partial charge in [-0.3, -0.25) is 10.0 Å². The average Bonchev–Trinajstić information content (AvgIpc) is 3.65. The van der Waals surface area contributed by atoms with E-state index < -0.39 is 0 Å². The summed E-state index contributed by atoms with van der Waals surface area (Å²) < 4.78 is 17.8. The highest BCUT2D eigenvalue weighted by atomic mass is 16.5. The quantitative estimate of drug-likeness (QED) is 0.170. The number of nitrogens with one attached hydrogen (secondary N) is 2. The van der Waals surface area contributed by atoms with Crippen LogP contribution in [-0.2, 0) is 4.79 Å². The predicted molar refractivity (Wildman–Crippen MR) is 150 cm³/mol. The monoisotopic (exact) mass is 536 g/mol. The molecule has 2 fully saturated rings. The van der Waals surface area contributed by atoms with Crippen LogP contribution in [0.4, 0.5) is 5.69 Å². The van der Waals surface area contributed by atoms with Gasteiger partial charge in [0.15, 0.2) is 17.3 Å². The molecule has 0 radical (unpaired) electrons. The van der Waals surface area contributed by atoms with Crippen LogP contribution >= 0.6 is 0 Å². The van der Waals surface area contributed by atoms with Crippen LogP contribution in [0.3, 0.4) is 0 Å². The number of carbonyl (C=O) groups excluding carboxylic acids is 1. The number of amides is 1. The van der Waals surface area contributed by atoms with Gasteiger partial charge in [-0.2, -0.15) is 0 Å². The second-order valence-corrected chi connectivity index (χ2v) is 10.8. The van der Waals surface area contributed by atoms with E-state index in [1.165, 1.54) is 25.9 Å². The van der Waals surface area contributed by atoms with E-state index in [0.717, 1.165) is 79.0 Å². The molecule has 2 aromatic heterocycles. The summed E-state index contributed by atoms with van der Waals surface area (Å²) in [5.41, 5.74) is 4.32. The maximum Gasteiger partial charge on any atom is 0.246 e. The highest BCUT2D eigenvalue weighted by Gasteiger charge is 2.26. The van der Waals surface area contributed by atoms with Gasteiger partial charge in [0.1, 0.15) is 11.5 Å². The standard InChI is InChI=1S/C30H40N4O5/c1-20-6-11-27(39-20)26-17-24(31-19-21-7-9-22(10-8-21)30(35)33-36)23-16-28(37-2)29(18-25(23)32-26)38-15-5-14-34-12-3-4-13-34/h6,11,16-18,21-22,36H,3-5,7-10,12-15,19H2,1-2H3,(H,31,32)(H,33,35). The highest BCUT2D eigenvalue weighted by molar-refractivity contribution is 5.95. The van der Waals surface area contributed by atoms with Gasteiger partial charge < -0.3 is 24.1 Å². The van der Waals surface area contributed by atoms with E-state index in [0.29, 0.717) is 24.0 Å². The Morgan fingerprint density at radius 1 is 1.13 bits per heavy atom. The molecule has 2 aliphatic rings. The number of pyridine rings is 1. The molecule has 210 valence electrons. The lowest BCUT2D eigenvalue weighted by atomic mass is 9.81. The molecule has 5 rings (SSSR count). The Balaban J connectivity index is 1.35. The molecule has 1 saturated heterocycles. The van der Waals surface area contributed by atoms with Crippen molar-refractivity contribution in [1.82, 2.24) is 15.4 Å². The number of methoxy groups -OCH3 is 1. The Kier molecular flexibility index (Phi) is 8.88. The van der Waals surface area contributed by atoms with Crippen molar-refractivity contribution < 1.29 is 23.9 Å². The minimum absolute atomic E-state index is 0.111. The maximum absolute atomic E-state index is 11.8. The summed E-state index contributed by atoms with van der Waals surface area (Å²) in [5, 5.41) is 13.6. The predicted octanol–water partition coefficient (Wildman–Crippen LogP) is 5.40. The number of nitrogens with zero attached hydrogens (tertiary/aromatic N) is 2. The number of benzene rings is 1. The molecule has 3 N–H and O–H groups in total. The number of anilines is 1. The van der Waals surface area contributed by atoms with Crippen LogP contribution in [0.1, 0.15) is 50.7 Å². The summed E-state index contributed by atoms with van der Waals surface area (Å²) in [6.45, 7) is 6.76. The van der Waals surface area contributed by atoms with Crippen molar-refractivity contribution in [3.63, 3.8) is 0 Å². The molecule has 0 unspecified atom stereocenters. The van der Waals surface area contributed by atoms with E-state index in [1.807, 2.05) is 37.3 Å². The summed E-state index contributed by atoms with van der Waals surface area (Å²) in [6, 6.07) is 9.88. The lowest BCUT2D eigenvalue weighted by Gasteiger charge is -2.27. The second-order valence-electron chi connectivity index (χ2n) is 10.8. The molecule has 9 nitrogen and oxygen atoms in total. The van der Waals surface area contributed by atoms with Crippen molar-refractivity contribution in [3.05, 3.63) is 36.1 Å². The number of ether oxygens (including phenoxy) is 2. The Labute approximate surface area is 229 Å². The van der Waals surface area contributed by atoms with Crippen LogP contribution in [0.25, 0.3) is 22.4 Å². The number of carbonyl (C=O) groups is 1. The van der Waals surface area contributed by atoms with Gasteiger partial charge in [-0.1, -0.05) is 0 Å². The molecular formula is C30H40N4O5. The Hall–Kier alpha value is -3.30. The van der Waals surface area contributed by atoms with Gasteiger partial charge in [0.05, 0.1) is 19.2 Å². The highest BCUT2D eigenvalue weighted by Crippen LogP contribution is 2.38. The van der Waals surface area contributed by atoms with Crippen molar-refractivity contribution >= 4 is 22.5 Å². The number of likely N-dealkylation sites (tertiary alicyclic amines) is 1. The van der Waals surface area contributed by atoms with Crippen molar-refractivity contribution in [3.8, 4) is 23.0 Å². The molecule has 1 aliphatic carbocycles. The van der Waals surface area contributed by atoms with Gasteiger partial charge in [-0.25, -0.2) is 10.5 Å². The third-order valence-electron chi connectivity index (χ3n) is 8.07. The number of fused-ring (bicyclic) bond motifs is 1. The first-order chi connectivity index (χ1) is 19.0. The summed E-state index contributed by atoms with van der Waals surface area (Å²) >= 11 is 0. The van der Waals surface area contributed by atoms with Crippen LogP contribution in [-0.4, -0.2) is 60.9 Å². The Morgan fingerprint density at radius 2 is 1.92 bits per heavy atom. The molecule has 0 atom stereocenters. The molecular weight excluding hydrogens is 496 g/mol. The molecule has 3 heterocycles. The number of furan rings is 1. The third kappa shape index (κ3) is 6.65. The number of rotatable bonds is 11. The van der Waals surface area contributed by atoms with Crippen molar-refractivity contribution in [2.75, 3.05) is 45.2 Å². The maximum atomic E-state index is 11.8. The topological polar surface area (TPSA) is 109 Å². The average molecular weight is 537 g/mol. The summed E-state index contributed by atoms with van der Waals surface area (Å²) in [7, 11) is 1.67. The van der Waals surface area contributed by atoms with E-state index in [4.69, 9.17) is 24.1 Å². The minimum Gasteiger partial charge on any atom is -0.493 e. The summed E-state index contributed by atoms with van der Waals surface area (Å²) in [6.07, 6.45) is 6.96. The van der Waals surface area contributed by atoms with Crippen LogP contribution in [0.5, 0.6) is 11.5 Å². The molecule has 1 aliphatic heterocycles. The van der Waals surface area contributed by atoms with Gasteiger partial charge in [0, 0.05) is 36.1 Å². The molecule has 0 bridgehead atoms. The van der Waals surface area contributed by atoms with E-state index in [9.17, 15) is 4.79 Å². The lowest BCUT2D eigenvalue weighted by molar-refractivity contribution is -0.134. The zero-order chi connectivity index (χ0) is 27.2. The first-order valence-corrected chi connectivity index (χ1v) is 14.2. The van der Waals surface area contributed by atoms with E-state index in [2.05, 4.69) is 10.2 Å². The van der Waals surface area contributed by atoms with Gasteiger partial charge in [0.25, 0.3) is 0 Å². The number of aromatic nitrogens is 1. The van der Waals surface area contributed by atoms with Crippen molar-refractivity contribution in [2.24, 2.45) is 11.8 Å². The van der Waals surface area contributed by atoms with Crippen molar-refractivity contribution in [2.45, 2.75) is 51.9 Å². The smallest absolute Gasteiger partial charge is 0.246 e. The molecule has 1 saturated carbocycles. The fourth-order valence-corrected chi connectivity index (χ4v) is 5.80. The molecule has 3 aromatic rings. The third-order valence-corrected chi connectivity index (χ3v) is 8.07. The number of aryl methyl sites for hydroxylation is 1. The first-order valence-electron chi connectivity index (χ1n) is 14.2. The summed E-state index contributed by atoms with van der Waals surface area (Å²) in [5.74, 6) is 2.98. The largest absolute Gasteiger partial charge is 0.493 e. The SMILES string of the molecule is COc1cc2c(NCC3CCC(C(=O)NO)CC3)cc(-c3ccc(C)o3)nc2cc1OCCCN1CCCC1. The molecule has 0 spiro atoms. The Bertz CT molecular complexity index is 1260. The van der Waals surface area contributed by atoms with Crippen LogP contribution < -0.4 is 20.3 Å².